The SMILES string of the molecule is CCCCCC(=O)N1CCc2ccc(S(=O)(=O)Nc3nnc(C)s3)cc2C1. The van der Waals surface area contributed by atoms with Crippen molar-refractivity contribution in [3.63, 3.8) is 0 Å². The lowest BCUT2D eigenvalue weighted by atomic mass is 9.99. The summed E-state index contributed by atoms with van der Waals surface area (Å²) < 4.78 is 27.7. The molecule has 0 aliphatic carbocycles. The highest BCUT2D eigenvalue weighted by molar-refractivity contribution is 7.93. The number of carbonyl (C=O) groups is 1. The predicted molar refractivity (Wildman–Crippen MR) is 105 cm³/mol. The average molecular weight is 409 g/mol. The third-order valence-electron chi connectivity index (χ3n) is 4.59. The van der Waals surface area contributed by atoms with Crippen LogP contribution in [0.1, 0.15) is 48.7 Å². The molecule has 7 nitrogen and oxygen atoms in total. The summed E-state index contributed by atoms with van der Waals surface area (Å²) in [5.74, 6) is 0.143. The van der Waals surface area contributed by atoms with Gasteiger partial charge in [-0.25, -0.2) is 8.42 Å². The van der Waals surface area contributed by atoms with Crippen LogP contribution in [0.3, 0.4) is 0 Å². The summed E-state index contributed by atoms with van der Waals surface area (Å²) in [6.07, 6.45) is 4.34. The lowest BCUT2D eigenvalue weighted by molar-refractivity contribution is -0.132. The highest BCUT2D eigenvalue weighted by atomic mass is 32.2. The molecule has 0 atom stereocenters. The van der Waals surface area contributed by atoms with Crippen molar-refractivity contribution in [1.29, 1.82) is 0 Å². The van der Waals surface area contributed by atoms with Crippen molar-refractivity contribution in [3.05, 3.63) is 34.3 Å². The highest BCUT2D eigenvalue weighted by Gasteiger charge is 2.23. The number of unbranched alkanes of at least 4 members (excludes halogenated alkanes) is 2. The van der Waals surface area contributed by atoms with Gasteiger partial charge in [0.2, 0.25) is 11.0 Å². The highest BCUT2D eigenvalue weighted by Crippen LogP contribution is 2.25. The first-order valence-corrected chi connectivity index (χ1v) is 11.4. The first-order valence-electron chi connectivity index (χ1n) is 9.11. The maximum absolute atomic E-state index is 12.6. The number of hydrogen-bond acceptors (Lipinski definition) is 6. The Morgan fingerprint density at radius 1 is 1.26 bits per heavy atom. The topological polar surface area (TPSA) is 92.3 Å². The summed E-state index contributed by atoms with van der Waals surface area (Å²) >= 11 is 1.19. The molecule has 1 amide bonds. The monoisotopic (exact) mass is 408 g/mol. The normalized spacial score (nSPS) is 14.1. The Bertz CT molecular complexity index is 924. The molecule has 0 saturated carbocycles. The van der Waals surface area contributed by atoms with Gasteiger partial charge >= 0.3 is 0 Å². The molecule has 2 heterocycles. The zero-order chi connectivity index (χ0) is 19.4. The van der Waals surface area contributed by atoms with E-state index in [1.807, 2.05) is 11.0 Å². The predicted octanol–water partition coefficient (Wildman–Crippen LogP) is 3.11. The molecule has 0 radical (unpaired) electrons. The molecule has 1 N–H and O–H groups in total. The number of hydrogen-bond donors (Lipinski definition) is 1. The van der Waals surface area contributed by atoms with E-state index < -0.39 is 10.0 Å². The summed E-state index contributed by atoms with van der Waals surface area (Å²) in [4.78, 5) is 14.4. The third kappa shape index (κ3) is 4.84. The first-order chi connectivity index (χ1) is 12.9. The molecule has 2 aromatic rings. The van der Waals surface area contributed by atoms with Crippen LogP contribution in [0.5, 0.6) is 0 Å². The molecule has 27 heavy (non-hydrogen) atoms. The van der Waals surface area contributed by atoms with Crippen LogP contribution in [0, 0.1) is 6.92 Å². The van der Waals surface area contributed by atoms with Gasteiger partial charge in [0.1, 0.15) is 5.01 Å². The Kier molecular flexibility index (Phi) is 6.11. The van der Waals surface area contributed by atoms with E-state index in [0.717, 1.165) is 36.8 Å². The molecule has 0 saturated heterocycles. The molecular formula is C18H24N4O3S2. The number of rotatable bonds is 7. The second-order valence-electron chi connectivity index (χ2n) is 6.68. The van der Waals surface area contributed by atoms with Crippen molar-refractivity contribution >= 4 is 32.4 Å². The fraction of sp³-hybridized carbons (Fsp3) is 0.500. The number of aryl methyl sites for hydroxylation is 1. The summed E-state index contributed by atoms with van der Waals surface area (Å²) in [5, 5.41) is 8.57. The number of nitrogens with one attached hydrogen (secondary N) is 1. The van der Waals surface area contributed by atoms with Gasteiger partial charge in [-0.3, -0.25) is 9.52 Å². The van der Waals surface area contributed by atoms with Crippen molar-refractivity contribution < 1.29 is 13.2 Å². The van der Waals surface area contributed by atoms with Crippen LogP contribution in [-0.4, -0.2) is 36.0 Å². The summed E-state index contributed by atoms with van der Waals surface area (Å²) in [6.45, 7) is 5.02. The number of aromatic nitrogens is 2. The van der Waals surface area contributed by atoms with Gasteiger partial charge in [0.05, 0.1) is 4.90 Å². The zero-order valence-corrected chi connectivity index (χ0v) is 17.2. The molecule has 1 aliphatic heterocycles. The molecule has 146 valence electrons. The van der Waals surface area contributed by atoms with Crippen LogP contribution in [0.15, 0.2) is 23.1 Å². The van der Waals surface area contributed by atoms with Gasteiger partial charge in [-0.1, -0.05) is 37.2 Å². The van der Waals surface area contributed by atoms with Gasteiger partial charge < -0.3 is 4.90 Å². The zero-order valence-electron chi connectivity index (χ0n) is 15.6. The van der Waals surface area contributed by atoms with Gasteiger partial charge in [-0.05, 0) is 43.0 Å². The van der Waals surface area contributed by atoms with E-state index in [0.29, 0.717) is 24.5 Å². The van der Waals surface area contributed by atoms with Crippen molar-refractivity contribution in [1.82, 2.24) is 15.1 Å². The van der Waals surface area contributed by atoms with Gasteiger partial charge in [-0.15, -0.1) is 10.2 Å². The van der Waals surface area contributed by atoms with Crippen molar-refractivity contribution in [2.45, 2.75) is 57.4 Å². The minimum Gasteiger partial charge on any atom is -0.338 e. The fourth-order valence-corrected chi connectivity index (χ4v) is 4.98. The van der Waals surface area contributed by atoms with Crippen LogP contribution < -0.4 is 4.72 Å². The standard InChI is InChI=1S/C18H24N4O3S2/c1-3-4-5-6-17(23)22-10-9-14-7-8-16(11-15(14)12-22)27(24,25)21-18-20-19-13(2)26-18/h7-8,11H,3-6,9-10,12H2,1-2H3,(H,20,21). The van der Waals surface area contributed by atoms with Gasteiger partial charge in [0.15, 0.2) is 0 Å². The lowest BCUT2D eigenvalue weighted by Gasteiger charge is -2.29. The maximum atomic E-state index is 12.6. The van der Waals surface area contributed by atoms with Crippen molar-refractivity contribution in [3.8, 4) is 0 Å². The van der Waals surface area contributed by atoms with Crippen LogP contribution in [0.2, 0.25) is 0 Å². The molecule has 0 bridgehead atoms. The summed E-state index contributed by atoms with van der Waals surface area (Å²) in [6, 6.07) is 5.11. The molecule has 3 rings (SSSR count). The molecule has 1 aromatic carbocycles. The van der Waals surface area contributed by atoms with Crippen LogP contribution >= 0.6 is 11.3 Å². The smallest absolute Gasteiger partial charge is 0.263 e. The summed E-state index contributed by atoms with van der Waals surface area (Å²) in [5.41, 5.74) is 1.99. The molecule has 9 heteroatoms. The van der Waals surface area contributed by atoms with Gasteiger partial charge in [0, 0.05) is 19.5 Å². The van der Waals surface area contributed by atoms with E-state index >= 15 is 0 Å². The number of anilines is 1. The number of benzene rings is 1. The molecule has 0 spiro atoms. The second kappa shape index (κ2) is 8.35. The van der Waals surface area contributed by atoms with E-state index in [4.69, 9.17) is 0 Å². The number of sulfonamides is 1. The van der Waals surface area contributed by atoms with E-state index in [9.17, 15) is 13.2 Å². The minimum absolute atomic E-state index is 0.143. The summed E-state index contributed by atoms with van der Waals surface area (Å²) in [7, 11) is -3.73. The Hall–Kier alpha value is -2.00. The third-order valence-corrected chi connectivity index (χ3v) is 6.81. The van der Waals surface area contributed by atoms with E-state index in [1.165, 1.54) is 11.3 Å². The second-order valence-corrected chi connectivity index (χ2v) is 9.55. The Balaban J connectivity index is 1.74. The maximum Gasteiger partial charge on any atom is 0.263 e. The average Bonchev–Trinajstić information content (AvgIpc) is 3.04. The number of amides is 1. The number of nitrogens with zero attached hydrogens (tertiary/aromatic N) is 3. The van der Waals surface area contributed by atoms with Crippen molar-refractivity contribution in [2.75, 3.05) is 11.3 Å². The minimum atomic E-state index is -3.73. The fourth-order valence-electron chi connectivity index (χ4n) is 3.11. The Labute approximate surface area is 163 Å². The molecule has 1 aromatic heterocycles. The molecule has 0 fully saturated rings. The number of carbonyl (C=O) groups excluding carboxylic acids is 1. The van der Waals surface area contributed by atoms with Crippen LogP contribution in [0.4, 0.5) is 5.13 Å². The van der Waals surface area contributed by atoms with E-state index in [-0.39, 0.29) is 15.9 Å². The molecule has 0 unspecified atom stereocenters. The Morgan fingerprint density at radius 3 is 2.78 bits per heavy atom. The first kappa shape index (κ1) is 19.8. The quantitative estimate of drug-likeness (QED) is 0.711. The van der Waals surface area contributed by atoms with E-state index in [2.05, 4.69) is 21.8 Å². The van der Waals surface area contributed by atoms with Crippen LogP contribution in [-0.2, 0) is 27.8 Å². The number of fused-ring (bicyclic) bond motifs is 1. The lowest BCUT2D eigenvalue weighted by Crippen LogP contribution is -2.36. The molecular weight excluding hydrogens is 384 g/mol. The largest absolute Gasteiger partial charge is 0.338 e. The Morgan fingerprint density at radius 2 is 2.07 bits per heavy atom. The van der Waals surface area contributed by atoms with Crippen LogP contribution in [0.25, 0.3) is 0 Å². The molecule has 1 aliphatic rings. The van der Waals surface area contributed by atoms with E-state index in [1.54, 1.807) is 19.1 Å². The van der Waals surface area contributed by atoms with Gasteiger partial charge in [0.25, 0.3) is 10.0 Å². The van der Waals surface area contributed by atoms with Gasteiger partial charge in [-0.2, -0.15) is 0 Å². The van der Waals surface area contributed by atoms with Crippen molar-refractivity contribution in [2.24, 2.45) is 0 Å².